The number of rotatable bonds is 0. The molecule has 0 aliphatic carbocycles. The van der Waals surface area contributed by atoms with Crippen LogP contribution in [0.25, 0.3) is 20.2 Å². The Balaban J connectivity index is 2.55. The van der Waals surface area contributed by atoms with E-state index in [1.54, 1.807) is 23.5 Å². The lowest BCUT2D eigenvalue weighted by atomic mass is 10.1. The Bertz CT molecular complexity index is 601. The summed E-state index contributed by atoms with van der Waals surface area (Å²) in [6, 6.07) is 11.3. The summed E-state index contributed by atoms with van der Waals surface area (Å²) in [6.07, 6.45) is 0. The summed E-state index contributed by atoms with van der Waals surface area (Å²) in [6.45, 7) is 0. The molecule has 0 atom stereocenters. The van der Waals surface area contributed by atoms with E-state index in [-0.39, 0.29) is 0 Å². The van der Waals surface area contributed by atoms with E-state index in [1.807, 2.05) is 24.3 Å². The number of fused-ring (bicyclic) bond motifs is 3. The van der Waals surface area contributed by atoms with Crippen LogP contribution in [0.3, 0.4) is 0 Å². The van der Waals surface area contributed by atoms with Crippen molar-refractivity contribution in [2.45, 2.75) is 0 Å². The maximum atomic E-state index is 9.45. The van der Waals surface area contributed by atoms with Crippen molar-refractivity contribution in [1.82, 2.24) is 0 Å². The van der Waals surface area contributed by atoms with Gasteiger partial charge >= 0.3 is 0 Å². The van der Waals surface area contributed by atoms with Gasteiger partial charge in [-0.2, -0.15) is 0 Å². The Morgan fingerprint density at radius 1 is 0.933 bits per heavy atom. The molecule has 0 saturated heterocycles. The summed E-state index contributed by atoms with van der Waals surface area (Å²) >= 11 is 7.67. The highest BCUT2D eigenvalue weighted by Crippen LogP contribution is 2.36. The fourth-order valence-corrected chi connectivity index (χ4v) is 2.98. The van der Waals surface area contributed by atoms with Crippen LogP contribution in [-0.4, -0.2) is 5.11 Å². The highest BCUT2D eigenvalue weighted by molar-refractivity contribution is 7.25. The molecular weight excluding hydrogens is 228 g/mol. The highest BCUT2D eigenvalue weighted by Gasteiger charge is 2.05. The standard InChI is InChI=1S/C12H7ClOS/c13-7-1-3-11-9(5-7)10-6-8(14)2-4-12(10)15-11/h1-6,14H. The number of thiophene rings is 1. The van der Waals surface area contributed by atoms with Gasteiger partial charge in [-0.05, 0) is 36.4 Å². The fourth-order valence-electron chi connectivity index (χ4n) is 1.74. The van der Waals surface area contributed by atoms with E-state index in [9.17, 15) is 5.11 Å². The molecule has 0 aliphatic rings. The van der Waals surface area contributed by atoms with Crippen LogP contribution in [0.1, 0.15) is 0 Å². The van der Waals surface area contributed by atoms with Crippen LogP contribution in [0.2, 0.25) is 5.02 Å². The maximum Gasteiger partial charge on any atom is 0.116 e. The van der Waals surface area contributed by atoms with E-state index in [1.165, 1.54) is 9.40 Å². The minimum Gasteiger partial charge on any atom is -0.508 e. The van der Waals surface area contributed by atoms with E-state index in [0.717, 1.165) is 15.8 Å². The highest BCUT2D eigenvalue weighted by atomic mass is 35.5. The SMILES string of the molecule is Oc1ccc2sc3ccc(Cl)cc3c2c1. The number of hydrogen-bond acceptors (Lipinski definition) is 2. The van der Waals surface area contributed by atoms with Gasteiger partial charge in [-0.3, -0.25) is 0 Å². The van der Waals surface area contributed by atoms with Crippen LogP contribution in [0.4, 0.5) is 0 Å². The molecule has 0 spiro atoms. The molecule has 1 aromatic heterocycles. The maximum absolute atomic E-state index is 9.45. The van der Waals surface area contributed by atoms with E-state index in [4.69, 9.17) is 11.6 Å². The molecule has 0 saturated carbocycles. The van der Waals surface area contributed by atoms with Crippen molar-refractivity contribution < 1.29 is 5.11 Å². The van der Waals surface area contributed by atoms with Gasteiger partial charge in [0.05, 0.1) is 0 Å². The topological polar surface area (TPSA) is 20.2 Å². The molecule has 1 nitrogen and oxygen atoms in total. The Labute approximate surface area is 95.5 Å². The van der Waals surface area contributed by atoms with Crippen LogP contribution in [0.5, 0.6) is 5.75 Å². The lowest BCUT2D eigenvalue weighted by molar-refractivity contribution is 0.476. The average Bonchev–Trinajstić information content (AvgIpc) is 2.56. The molecular formula is C12H7ClOS. The van der Waals surface area contributed by atoms with Crippen molar-refractivity contribution >= 4 is 43.1 Å². The first kappa shape index (κ1) is 9.01. The van der Waals surface area contributed by atoms with Gasteiger partial charge in [-0.15, -0.1) is 11.3 Å². The predicted molar refractivity (Wildman–Crippen MR) is 66.0 cm³/mol. The third kappa shape index (κ3) is 1.37. The molecule has 2 aromatic carbocycles. The van der Waals surface area contributed by atoms with E-state index >= 15 is 0 Å². The zero-order valence-electron chi connectivity index (χ0n) is 7.70. The van der Waals surface area contributed by atoms with Gasteiger partial charge in [0.25, 0.3) is 0 Å². The first-order chi connectivity index (χ1) is 7.24. The van der Waals surface area contributed by atoms with Gasteiger partial charge in [0, 0.05) is 25.2 Å². The molecule has 1 N–H and O–H groups in total. The molecule has 1 heterocycles. The third-order valence-corrected chi connectivity index (χ3v) is 3.80. The van der Waals surface area contributed by atoms with Gasteiger partial charge in [0.1, 0.15) is 5.75 Å². The minimum absolute atomic E-state index is 0.294. The number of aromatic hydroxyl groups is 1. The largest absolute Gasteiger partial charge is 0.508 e. The zero-order chi connectivity index (χ0) is 10.4. The summed E-state index contributed by atoms with van der Waals surface area (Å²) in [7, 11) is 0. The number of phenolic OH excluding ortho intramolecular Hbond substituents is 1. The Kier molecular flexibility index (Phi) is 1.87. The summed E-state index contributed by atoms with van der Waals surface area (Å²) in [4.78, 5) is 0. The quantitative estimate of drug-likeness (QED) is 0.611. The van der Waals surface area contributed by atoms with E-state index < -0.39 is 0 Å². The number of halogens is 1. The van der Waals surface area contributed by atoms with Crippen molar-refractivity contribution in [3.05, 3.63) is 41.4 Å². The van der Waals surface area contributed by atoms with Crippen LogP contribution in [-0.2, 0) is 0 Å². The van der Waals surface area contributed by atoms with Gasteiger partial charge in [-0.25, -0.2) is 0 Å². The van der Waals surface area contributed by atoms with Crippen LogP contribution in [0.15, 0.2) is 36.4 Å². The summed E-state index contributed by atoms with van der Waals surface area (Å²) in [5.74, 6) is 0.294. The van der Waals surface area contributed by atoms with E-state index in [0.29, 0.717) is 5.75 Å². The van der Waals surface area contributed by atoms with Crippen molar-refractivity contribution in [3.8, 4) is 5.75 Å². The number of benzene rings is 2. The number of hydrogen-bond donors (Lipinski definition) is 1. The average molecular weight is 235 g/mol. The Morgan fingerprint density at radius 3 is 2.40 bits per heavy atom. The minimum atomic E-state index is 0.294. The Hall–Kier alpha value is -1.25. The normalized spacial score (nSPS) is 11.3. The van der Waals surface area contributed by atoms with Crippen molar-refractivity contribution in [3.63, 3.8) is 0 Å². The molecule has 0 aliphatic heterocycles. The van der Waals surface area contributed by atoms with Gasteiger partial charge in [0.15, 0.2) is 0 Å². The monoisotopic (exact) mass is 234 g/mol. The molecule has 0 fully saturated rings. The summed E-state index contributed by atoms with van der Waals surface area (Å²) in [5, 5.41) is 12.4. The first-order valence-corrected chi connectivity index (χ1v) is 5.74. The molecule has 0 amide bonds. The van der Waals surface area contributed by atoms with Crippen molar-refractivity contribution in [2.24, 2.45) is 0 Å². The molecule has 0 bridgehead atoms. The van der Waals surface area contributed by atoms with Gasteiger partial charge in [0.2, 0.25) is 0 Å². The van der Waals surface area contributed by atoms with Gasteiger partial charge in [-0.1, -0.05) is 11.6 Å². The fraction of sp³-hybridized carbons (Fsp3) is 0. The third-order valence-electron chi connectivity index (χ3n) is 2.41. The summed E-state index contributed by atoms with van der Waals surface area (Å²) in [5.41, 5.74) is 0. The Morgan fingerprint density at radius 2 is 1.60 bits per heavy atom. The second-order valence-corrected chi connectivity index (χ2v) is 4.94. The molecule has 15 heavy (non-hydrogen) atoms. The van der Waals surface area contributed by atoms with Crippen molar-refractivity contribution in [1.29, 1.82) is 0 Å². The smallest absolute Gasteiger partial charge is 0.116 e. The second kappa shape index (κ2) is 3.12. The molecule has 3 rings (SSSR count). The number of phenols is 1. The lowest BCUT2D eigenvalue weighted by Crippen LogP contribution is -1.67. The van der Waals surface area contributed by atoms with Crippen LogP contribution >= 0.6 is 22.9 Å². The molecule has 3 heteroatoms. The predicted octanol–water partition coefficient (Wildman–Crippen LogP) is 4.41. The van der Waals surface area contributed by atoms with Crippen LogP contribution in [0, 0.1) is 0 Å². The van der Waals surface area contributed by atoms with E-state index in [2.05, 4.69) is 0 Å². The van der Waals surface area contributed by atoms with Gasteiger partial charge < -0.3 is 5.11 Å². The molecule has 74 valence electrons. The molecule has 0 unspecified atom stereocenters. The second-order valence-electron chi connectivity index (χ2n) is 3.42. The lowest BCUT2D eigenvalue weighted by Gasteiger charge is -1.93. The first-order valence-electron chi connectivity index (χ1n) is 4.55. The molecule has 0 radical (unpaired) electrons. The zero-order valence-corrected chi connectivity index (χ0v) is 9.27. The molecule has 3 aromatic rings. The van der Waals surface area contributed by atoms with Crippen molar-refractivity contribution in [2.75, 3.05) is 0 Å². The summed E-state index contributed by atoms with van der Waals surface area (Å²) < 4.78 is 2.37. The van der Waals surface area contributed by atoms with Crippen LogP contribution < -0.4 is 0 Å².